The van der Waals surface area contributed by atoms with Crippen molar-refractivity contribution >= 4 is 46.0 Å². The number of carbonyl (C=O) groups excluding carboxylic acids is 2. The first-order valence-electron chi connectivity index (χ1n) is 9.50. The van der Waals surface area contributed by atoms with E-state index in [9.17, 15) is 9.59 Å². The second-order valence-electron chi connectivity index (χ2n) is 7.25. The third-order valence-electron chi connectivity index (χ3n) is 5.39. The van der Waals surface area contributed by atoms with Gasteiger partial charge in [0.1, 0.15) is 0 Å². The van der Waals surface area contributed by atoms with Gasteiger partial charge in [0.05, 0.1) is 16.3 Å². The summed E-state index contributed by atoms with van der Waals surface area (Å²) in [7, 11) is 0. The molecule has 2 aliphatic rings. The van der Waals surface area contributed by atoms with E-state index in [-0.39, 0.29) is 17.6 Å². The molecule has 0 N–H and O–H groups in total. The molecule has 1 aliphatic carbocycles. The number of benzene rings is 2. The highest BCUT2D eigenvalue weighted by molar-refractivity contribution is 7.14. The molecule has 1 amide bonds. The Morgan fingerprint density at radius 1 is 1.10 bits per heavy atom. The van der Waals surface area contributed by atoms with Gasteiger partial charge in [0.15, 0.2) is 0 Å². The number of anilines is 1. The van der Waals surface area contributed by atoms with Crippen LogP contribution in [0.2, 0.25) is 5.02 Å². The standard InChI is InChI=1S/C23H17ClN2O2S/c24-16-7-9-17(10-8-16)26-21(27)12-15-6-11-19-18(22(15)25-26)13-20(29-19)23(28)14-4-2-1-3-5-14/h1-5,7-10,13,15H,6,11-12H2. The van der Waals surface area contributed by atoms with Gasteiger partial charge in [-0.3, -0.25) is 9.59 Å². The van der Waals surface area contributed by atoms with Crippen molar-refractivity contribution in [2.24, 2.45) is 11.0 Å². The Balaban J connectivity index is 1.54. The molecule has 5 rings (SSSR count). The molecule has 0 radical (unpaired) electrons. The molecule has 2 aromatic carbocycles. The molecule has 29 heavy (non-hydrogen) atoms. The zero-order chi connectivity index (χ0) is 20.0. The van der Waals surface area contributed by atoms with E-state index in [0.29, 0.717) is 22.7 Å². The van der Waals surface area contributed by atoms with E-state index in [1.807, 2.05) is 36.4 Å². The Morgan fingerprint density at radius 3 is 2.62 bits per heavy atom. The van der Waals surface area contributed by atoms with Crippen LogP contribution in [0.1, 0.15) is 38.5 Å². The van der Waals surface area contributed by atoms with Crippen LogP contribution in [0.3, 0.4) is 0 Å². The third kappa shape index (κ3) is 3.30. The molecule has 0 bridgehead atoms. The summed E-state index contributed by atoms with van der Waals surface area (Å²) >= 11 is 7.52. The molecule has 6 heteroatoms. The van der Waals surface area contributed by atoms with E-state index < -0.39 is 0 Å². The average molecular weight is 421 g/mol. The smallest absolute Gasteiger partial charge is 0.248 e. The summed E-state index contributed by atoms with van der Waals surface area (Å²) in [6.07, 6.45) is 2.18. The number of rotatable bonds is 3. The second kappa shape index (κ2) is 7.25. The van der Waals surface area contributed by atoms with Crippen molar-refractivity contribution < 1.29 is 9.59 Å². The molecule has 0 spiro atoms. The number of thiophene rings is 1. The van der Waals surface area contributed by atoms with E-state index in [0.717, 1.165) is 29.0 Å². The predicted octanol–water partition coefficient (Wildman–Crippen LogP) is 5.34. The largest absolute Gasteiger partial charge is 0.288 e. The number of hydrazone groups is 1. The molecule has 1 unspecified atom stereocenters. The highest BCUT2D eigenvalue weighted by atomic mass is 35.5. The molecule has 1 atom stereocenters. The van der Waals surface area contributed by atoms with E-state index in [1.54, 1.807) is 35.6 Å². The van der Waals surface area contributed by atoms with Crippen molar-refractivity contribution in [2.45, 2.75) is 19.3 Å². The number of aryl methyl sites for hydroxylation is 1. The van der Waals surface area contributed by atoms with Gasteiger partial charge in [-0.25, -0.2) is 5.01 Å². The van der Waals surface area contributed by atoms with Gasteiger partial charge < -0.3 is 0 Å². The summed E-state index contributed by atoms with van der Waals surface area (Å²) in [5, 5.41) is 6.81. The van der Waals surface area contributed by atoms with Crippen molar-refractivity contribution in [3.63, 3.8) is 0 Å². The fourth-order valence-electron chi connectivity index (χ4n) is 3.92. The van der Waals surface area contributed by atoms with Crippen molar-refractivity contribution in [2.75, 3.05) is 5.01 Å². The first-order valence-corrected chi connectivity index (χ1v) is 10.7. The van der Waals surface area contributed by atoms with Crippen molar-refractivity contribution in [3.05, 3.63) is 86.6 Å². The highest BCUT2D eigenvalue weighted by Gasteiger charge is 2.36. The lowest BCUT2D eigenvalue weighted by atomic mass is 9.83. The van der Waals surface area contributed by atoms with Gasteiger partial charge in [0, 0.05) is 33.4 Å². The predicted molar refractivity (Wildman–Crippen MR) is 116 cm³/mol. The lowest BCUT2D eigenvalue weighted by Gasteiger charge is -2.32. The number of fused-ring (bicyclic) bond motifs is 3. The highest BCUT2D eigenvalue weighted by Crippen LogP contribution is 2.38. The van der Waals surface area contributed by atoms with E-state index >= 15 is 0 Å². The van der Waals surface area contributed by atoms with Gasteiger partial charge in [-0.05, 0) is 43.2 Å². The van der Waals surface area contributed by atoms with E-state index in [4.69, 9.17) is 16.7 Å². The molecule has 0 saturated carbocycles. The van der Waals surface area contributed by atoms with Gasteiger partial charge in [-0.1, -0.05) is 41.9 Å². The van der Waals surface area contributed by atoms with E-state index in [1.165, 1.54) is 9.89 Å². The molecule has 0 saturated heterocycles. The average Bonchev–Trinajstić information content (AvgIpc) is 3.19. The zero-order valence-corrected chi connectivity index (χ0v) is 17.0. The minimum Gasteiger partial charge on any atom is -0.288 e. The first-order chi connectivity index (χ1) is 14.1. The number of hydrogen-bond acceptors (Lipinski definition) is 4. The van der Waals surface area contributed by atoms with Crippen LogP contribution >= 0.6 is 22.9 Å². The third-order valence-corrected chi connectivity index (χ3v) is 6.83. The molecule has 0 fully saturated rings. The molecule has 1 aromatic heterocycles. The summed E-state index contributed by atoms with van der Waals surface area (Å²) in [6, 6.07) is 18.4. The fraction of sp³-hybridized carbons (Fsp3) is 0.174. The molecule has 144 valence electrons. The van der Waals surface area contributed by atoms with Crippen molar-refractivity contribution in [1.29, 1.82) is 0 Å². The fourth-order valence-corrected chi connectivity index (χ4v) is 5.19. The summed E-state index contributed by atoms with van der Waals surface area (Å²) in [6.45, 7) is 0. The van der Waals surface area contributed by atoms with Crippen LogP contribution in [0, 0.1) is 5.92 Å². The van der Waals surface area contributed by atoms with Crippen LogP contribution in [0.5, 0.6) is 0 Å². The Bertz CT molecular complexity index is 1140. The maximum atomic E-state index is 12.9. The van der Waals surface area contributed by atoms with Gasteiger partial charge >= 0.3 is 0 Å². The summed E-state index contributed by atoms with van der Waals surface area (Å²) < 4.78 is 0. The van der Waals surface area contributed by atoms with Crippen molar-refractivity contribution in [3.8, 4) is 0 Å². The minimum absolute atomic E-state index is 0.0136. The minimum atomic E-state index is -0.0136. The SMILES string of the molecule is O=C(c1ccccc1)c1cc2c(s1)CCC1CC(=O)N(c3ccc(Cl)cc3)N=C21. The number of carbonyl (C=O) groups is 2. The van der Waals surface area contributed by atoms with Gasteiger partial charge in [0.25, 0.3) is 0 Å². The molecular weight excluding hydrogens is 404 g/mol. The molecule has 4 nitrogen and oxygen atoms in total. The maximum absolute atomic E-state index is 12.9. The molecule has 1 aliphatic heterocycles. The first kappa shape index (κ1) is 18.3. The van der Waals surface area contributed by atoms with E-state index in [2.05, 4.69) is 0 Å². The van der Waals surface area contributed by atoms with Crippen LogP contribution in [-0.2, 0) is 11.2 Å². The monoisotopic (exact) mass is 420 g/mol. The number of halogens is 1. The lowest BCUT2D eigenvalue weighted by Crippen LogP contribution is -2.39. The Morgan fingerprint density at radius 2 is 1.86 bits per heavy atom. The van der Waals surface area contributed by atoms with Crippen LogP contribution in [0.4, 0.5) is 5.69 Å². The zero-order valence-electron chi connectivity index (χ0n) is 15.5. The van der Waals surface area contributed by atoms with Gasteiger partial charge in [-0.2, -0.15) is 5.10 Å². The topological polar surface area (TPSA) is 49.7 Å². The summed E-state index contributed by atoms with van der Waals surface area (Å²) in [4.78, 5) is 27.5. The Kier molecular flexibility index (Phi) is 4.57. The van der Waals surface area contributed by atoms with Crippen LogP contribution in [0.25, 0.3) is 0 Å². The number of amides is 1. The molecular formula is C23H17ClN2O2S. The van der Waals surface area contributed by atoms with Crippen LogP contribution in [0.15, 0.2) is 65.8 Å². The maximum Gasteiger partial charge on any atom is 0.248 e. The molecule has 3 aromatic rings. The van der Waals surface area contributed by atoms with Crippen LogP contribution < -0.4 is 5.01 Å². The summed E-state index contributed by atoms with van der Waals surface area (Å²) in [5.74, 6) is 0.122. The normalized spacial score (nSPS) is 18.1. The number of hydrogen-bond donors (Lipinski definition) is 0. The number of ketones is 1. The van der Waals surface area contributed by atoms with Crippen molar-refractivity contribution in [1.82, 2.24) is 0 Å². The molecule has 2 heterocycles. The lowest BCUT2D eigenvalue weighted by molar-refractivity contribution is -0.119. The second-order valence-corrected chi connectivity index (χ2v) is 8.82. The Labute approximate surface area is 177 Å². The Hall–Kier alpha value is -2.76. The van der Waals surface area contributed by atoms with Crippen LogP contribution in [-0.4, -0.2) is 17.4 Å². The quantitative estimate of drug-likeness (QED) is 0.537. The van der Waals surface area contributed by atoms with Gasteiger partial charge in [-0.15, -0.1) is 11.3 Å². The number of nitrogens with zero attached hydrogens (tertiary/aromatic N) is 2. The summed E-state index contributed by atoms with van der Waals surface area (Å²) in [5.41, 5.74) is 3.31. The van der Waals surface area contributed by atoms with Gasteiger partial charge in [0.2, 0.25) is 11.7 Å².